The van der Waals surface area contributed by atoms with Crippen molar-refractivity contribution in [2.45, 2.75) is 6.92 Å². The topological polar surface area (TPSA) is 63.2 Å². The van der Waals surface area contributed by atoms with Gasteiger partial charge in [0.25, 0.3) is 5.91 Å². The lowest BCUT2D eigenvalue weighted by Crippen LogP contribution is -2.13. The number of aromatic nitrogens is 1. The Balaban J connectivity index is 1.68. The molecule has 0 aliphatic rings. The van der Waals surface area contributed by atoms with Gasteiger partial charge in [-0.05, 0) is 48.9 Å². The van der Waals surface area contributed by atoms with E-state index < -0.39 is 0 Å². The lowest BCUT2D eigenvalue weighted by atomic mass is 10.2. The van der Waals surface area contributed by atoms with E-state index in [0.29, 0.717) is 16.4 Å². The number of benzene rings is 2. The van der Waals surface area contributed by atoms with Crippen LogP contribution in [0.2, 0.25) is 5.02 Å². The molecule has 3 rings (SSSR count). The van der Waals surface area contributed by atoms with Crippen molar-refractivity contribution in [2.24, 2.45) is 0 Å². The third-order valence-electron chi connectivity index (χ3n) is 3.78. The summed E-state index contributed by atoms with van der Waals surface area (Å²) < 4.78 is 5.20. The van der Waals surface area contributed by atoms with Crippen molar-refractivity contribution < 1.29 is 9.53 Å². The molecule has 6 heteroatoms. The number of pyridine rings is 1. The van der Waals surface area contributed by atoms with Crippen LogP contribution in [0.15, 0.2) is 60.8 Å². The van der Waals surface area contributed by atoms with Crippen LogP contribution in [0.3, 0.4) is 0 Å². The Bertz CT molecular complexity index is 927. The van der Waals surface area contributed by atoms with Crippen molar-refractivity contribution >= 4 is 34.6 Å². The second-order valence-electron chi connectivity index (χ2n) is 5.71. The van der Waals surface area contributed by atoms with Gasteiger partial charge in [0.1, 0.15) is 11.4 Å². The van der Waals surface area contributed by atoms with E-state index in [4.69, 9.17) is 16.3 Å². The maximum absolute atomic E-state index is 12.3. The average Bonchev–Trinajstić information content (AvgIpc) is 2.65. The molecule has 0 radical (unpaired) electrons. The molecule has 132 valence electrons. The molecular weight excluding hydrogens is 350 g/mol. The fraction of sp³-hybridized carbons (Fsp3) is 0.100. The minimum absolute atomic E-state index is 0.294. The third-order valence-corrected chi connectivity index (χ3v) is 4.19. The van der Waals surface area contributed by atoms with Gasteiger partial charge in [-0.3, -0.25) is 4.79 Å². The largest absolute Gasteiger partial charge is 0.497 e. The van der Waals surface area contributed by atoms with E-state index in [-0.39, 0.29) is 5.91 Å². The van der Waals surface area contributed by atoms with Crippen LogP contribution >= 0.6 is 11.6 Å². The van der Waals surface area contributed by atoms with Crippen molar-refractivity contribution in [2.75, 3.05) is 17.7 Å². The van der Waals surface area contributed by atoms with Crippen LogP contribution in [0.5, 0.6) is 5.75 Å². The van der Waals surface area contributed by atoms with Crippen molar-refractivity contribution in [3.05, 3.63) is 77.1 Å². The van der Waals surface area contributed by atoms with Crippen molar-refractivity contribution in [3.8, 4) is 5.75 Å². The van der Waals surface area contributed by atoms with E-state index in [1.807, 2.05) is 37.3 Å². The highest BCUT2D eigenvalue weighted by molar-refractivity contribution is 6.31. The van der Waals surface area contributed by atoms with Crippen LogP contribution in [0.25, 0.3) is 0 Å². The van der Waals surface area contributed by atoms with Gasteiger partial charge in [-0.15, -0.1) is 0 Å². The number of ether oxygens (including phenoxy) is 1. The fourth-order valence-electron chi connectivity index (χ4n) is 2.34. The Morgan fingerprint density at radius 3 is 2.54 bits per heavy atom. The summed E-state index contributed by atoms with van der Waals surface area (Å²) in [5, 5.41) is 6.61. The van der Waals surface area contributed by atoms with Gasteiger partial charge in [0.05, 0.1) is 19.0 Å². The zero-order chi connectivity index (χ0) is 18.5. The normalized spacial score (nSPS) is 10.3. The van der Waals surface area contributed by atoms with Gasteiger partial charge in [-0.25, -0.2) is 4.98 Å². The molecule has 26 heavy (non-hydrogen) atoms. The maximum atomic E-state index is 12.3. The predicted molar refractivity (Wildman–Crippen MR) is 105 cm³/mol. The Labute approximate surface area is 157 Å². The molecule has 1 amide bonds. The molecule has 0 bridgehead atoms. The maximum Gasteiger partial charge on any atom is 0.274 e. The second kappa shape index (κ2) is 7.89. The molecule has 1 aromatic heterocycles. The molecule has 0 saturated carbocycles. The number of anilines is 3. The number of carbonyl (C=O) groups is 1. The highest BCUT2D eigenvalue weighted by atomic mass is 35.5. The third kappa shape index (κ3) is 4.32. The standard InChI is InChI=1S/C20H18ClN3O2/c1-13-6-7-15(11-18(13)21)24-20(25)19-9-8-16(12-22-19)23-14-4-3-5-17(10-14)26-2/h3-12,23H,1-2H3,(H,24,25). The van der Waals surface area contributed by atoms with Gasteiger partial charge in [0.15, 0.2) is 0 Å². The van der Waals surface area contributed by atoms with Crippen LogP contribution in [-0.2, 0) is 0 Å². The van der Waals surface area contributed by atoms with Crippen LogP contribution < -0.4 is 15.4 Å². The summed E-state index contributed by atoms with van der Waals surface area (Å²) in [5.41, 5.74) is 3.55. The van der Waals surface area contributed by atoms with Crippen LogP contribution in [0.4, 0.5) is 17.1 Å². The highest BCUT2D eigenvalue weighted by Crippen LogP contribution is 2.22. The zero-order valence-electron chi connectivity index (χ0n) is 14.4. The summed E-state index contributed by atoms with van der Waals surface area (Å²) in [6.07, 6.45) is 1.61. The first-order valence-corrected chi connectivity index (χ1v) is 8.37. The number of aryl methyl sites for hydroxylation is 1. The van der Waals surface area contributed by atoms with E-state index in [0.717, 1.165) is 22.7 Å². The smallest absolute Gasteiger partial charge is 0.274 e. The summed E-state index contributed by atoms with van der Waals surface area (Å²) in [5.74, 6) is 0.466. The lowest BCUT2D eigenvalue weighted by Gasteiger charge is -2.09. The molecule has 0 aliphatic heterocycles. The van der Waals surface area contributed by atoms with Gasteiger partial charge >= 0.3 is 0 Å². The number of amides is 1. The predicted octanol–water partition coefficient (Wildman–Crippen LogP) is 5.05. The Morgan fingerprint density at radius 1 is 1.04 bits per heavy atom. The minimum Gasteiger partial charge on any atom is -0.497 e. The molecule has 1 heterocycles. The summed E-state index contributed by atoms with van der Waals surface area (Å²) in [6, 6.07) is 16.4. The summed E-state index contributed by atoms with van der Waals surface area (Å²) >= 11 is 6.08. The van der Waals surface area contributed by atoms with E-state index in [2.05, 4.69) is 15.6 Å². The van der Waals surface area contributed by atoms with Gasteiger partial charge in [-0.2, -0.15) is 0 Å². The van der Waals surface area contributed by atoms with Crippen molar-refractivity contribution in [3.63, 3.8) is 0 Å². The molecule has 2 aromatic carbocycles. The van der Waals surface area contributed by atoms with Crippen molar-refractivity contribution in [1.82, 2.24) is 4.98 Å². The first-order valence-electron chi connectivity index (χ1n) is 8.00. The minimum atomic E-state index is -0.294. The van der Waals surface area contributed by atoms with Gasteiger partial charge in [0.2, 0.25) is 0 Å². The number of nitrogens with zero attached hydrogens (tertiary/aromatic N) is 1. The number of halogens is 1. The lowest BCUT2D eigenvalue weighted by molar-refractivity contribution is 0.102. The number of hydrogen-bond acceptors (Lipinski definition) is 4. The van der Waals surface area contributed by atoms with Gasteiger partial charge in [0, 0.05) is 22.5 Å². The molecule has 2 N–H and O–H groups in total. The fourth-order valence-corrected chi connectivity index (χ4v) is 2.52. The number of methoxy groups -OCH3 is 1. The number of hydrogen-bond donors (Lipinski definition) is 2. The molecule has 0 saturated heterocycles. The van der Waals surface area contributed by atoms with E-state index >= 15 is 0 Å². The van der Waals surface area contributed by atoms with E-state index in [1.165, 1.54) is 0 Å². The first kappa shape index (κ1) is 17.8. The number of nitrogens with one attached hydrogen (secondary N) is 2. The quantitative estimate of drug-likeness (QED) is 0.662. The van der Waals surface area contributed by atoms with Gasteiger partial charge in [-0.1, -0.05) is 23.7 Å². The van der Waals surface area contributed by atoms with Gasteiger partial charge < -0.3 is 15.4 Å². The molecule has 5 nitrogen and oxygen atoms in total. The molecule has 0 atom stereocenters. The molecule has 0 unspecified atom stereocenters. The van der Waals surface area contributed by atoms with Crippen LogP contribution in [0.1, 0.15) is 16.1 Å². The molecular formula is C20H18ClN3O2. The first-order chi connectivity index (χ1) is 12.5. The Kier molecular flexibility index (Phi) is 5.39. The van der Waals surface area contributed by atoms with Crippen LogP contribution in [-0.4, -0.2) is 18.0 Å². The Morgan fingerprint density at radius 2 is 1.85 bits per heavy atom. The number of rotatable bonds is 5. The average molecular weight is 368 g/mol. The SMILES string of the molecule is COc1cccc(Nc2ccc(C(=O)Nc3ccc(C)c(Cl)c3)nc2)c1. The molecule has 0 fully saturated rings. The molecule has 3 aromatic rings. The van der Waals surface area contributed by atoms with E-state index in [9.17, 15) is 4.79 Å². The van der Waals surface area contributed by atoms with E-state index in [1.54, 1.807) is 37.6 Å². The zero-order valence-corrected chi connectivity index (χ0v) is 15.2. The Hall–Kier alpha value is -3.05. The number of carbonyl (C=O) groups excluding carboxylic acids is 1. The van der Waals surface area contributed by atoms with Crippen LogP contribution in [0, 0.1) is 6.92 Å². The second-order valence-corrected chi connectivity index (χ2v) is 6.11. The molecule has 0 spiro atoms. The summed E-state index contributed by atoms with van der Waals surface area (Å²) in [4.78, 5) is 16.5. The van der Waals surface area contributed by atoms with Crippen molar-refractivity contribution in [1.29, 1.82) is 0 Å². The monoisotopic (exact) mass is 367 g/mol. The summed E-state index contributed by atoms with van der Waals surface area (Å²) in [6.45, 7) is 1.91. The highest BCUT2D eigenvalue weighted by Gasteiger charge is 2.09. The molecule has 0 aliphatic carbocycles. The summed E-state index contributed by atoms with van der Waals surface area (Å²) in [7, 11) is 1.62.